The van der Waals surface area contributed by atoms with Gasteiger partial charge in [0.05, 0.1) is 35.4 Å². The first-order valence-electron chi connectivity index (χ1n) is 9.66. The number of nitriles is 1. The Labute approximate surface area is 169 Å². The minimum absolute atomic E-state index is 0.0623. The highest BCUT2D eigenvalue weighted by Gasteiger charge is 2.35. The van der Waals surface area contributed by atoms with Crippen molar-refractivity contribution in [1.82, 2.24) is 9.55 Å². The molecule has 0 amide bonds. The summed E-state index contributed by atoms with van der Waals surface area (Å²) in [5.74, 6) is 0. The second kappa shape index (κ2) is 7.58. The number of aromatic nitrogens is 2. The molecule has 0 radical (unpaired) electrons. The van der Waals surface area contributed by atoms with Gasteiger partial charge < -0.3 is 9.47 Å². The fraction of sp³-hybridized carbons (Fsp3) is 0.455. The number of nitrogens with zero attached hydrogens (tertiary/aromatic N) is 4. The summed E-state index contributed by atoms with van der Waals surface area (Å²) < 4.78 is 42.2. The standard InChI is InChI=1S/C22H25F3N4/c1-5-28(18-9-7-16(12-26)19(11-18)22(23,24)25)17-8-6-15(10-17)20-13-27-14-29(20)21(2,3)4/h6-7,9,11,13-14,17H,5,8,10H2,1-4H3. The van der Waals surface area contributed by atoms with E-state index in [-0.39, 0.29) is 17.1 Å². The van der Waals surface area contributed by atoms with Crippen LogP contribution in [0, 0.1) is 11.3 Å². The van der Waals surface area contributed by atoms with Crippen molar-refractivity contribution < 1.29 is 13.2 Å². The average molecular weight is 402 g/mol. The highest BCUT2D eigenvalue weighted by molar-refractivity contribution is 5.67. The summed E-state index contributed by atoms with van der Waals surface area (Å²) in [4.78, 5) is 6.28. The largest absolute Gasteiger partial charge is 0.417 e. The van der Waals surface area contributed by atoms with Crippen LogP contribution in [0.3, 0.4) is 0 Å². The van der Waals surface area contributed by atoms with Crippen molar-refractivity contribution in [2.45, 2.75) is 58.3 Å². The highest BCUT2D eigenvalue weighted by Crippen LogP contribution is 2.38. The molecule has 1 unspecified atom stereocenters. The predicted molar refractivity (Wildman–Crippen MR) is 107 cm³/mol. The van der Waals surface area contributed by atoms with Crippen molar-refractivity contribution in [1.29, 1.82) is 5.26 Å². The molecule has 0 aliphatic heterocycles. The molecular weight excluding hydrogens is 377 g/mol. The second-order valence-electron chi connectivity index (χ2n) is 8.27. The molecule has 2 aromatic rings. The molecule has 0 saturated carbocycles. The first-order chi connectivity index (χ1) is 13.6. The van der Waals surface area contributed by atoms with Gasteiger partial charge in [-0.25, -0.2) is 4.98 Å². The molecule has 0 fully saturated rings. The van der Waals surface area contributed by atoms with E-state index in [2.05, 4.69) is 36.4 Å². The molecule has 1 aliphatic carbocycles. The molecule has 1 heterocycles. The summed E-state index contributed by atoms with van der Waals surface area (Å²) in [6.07, 6.45) is 2.74. The number of halogens is 3. The molecular formula is C22H25F3N4. The summed E-state index contributed by atoms with van der Waals surface area (Å²) >= 11 is 0. The molecule has 0 spiro atoms. The third kappa shape index (κ3) is 4.16. The molecule has 7 heteroatoms. The number of imidazole rings is 1. The van der Waals surface area contributed by atoms with Crippen LogP contribution in [0.4, 0.5) is 18.9 Å². The Morgan fingerprint density at radius 2 is 2.00 bits per heavy atom. The third-order valence-electron chi connectivity index (χ3n) is 5.32. The van der Waals surface area contributed by atoms with E-state index in [0.717, 1.165) is 30.2 Å². The molecule has 0 saturated heterocycles. The third-order valence-corrected chi connectivity index (χ3v) is 5.32. The Hall–Kier alpha value is -2.75. The average Bonchev–Trinajstić information content (AvgIpc) is 3.30. The number of alkyl halides is 3. The zero-order chi connectivity index (χ0) is 21.4. The zero-order valence-electron chi connectivity index (χ0n) is 17.1. The van der Waals surface area contributed by atoms with Crippen LogP contribution in [-0.4, -0.2) is 22.1 Å². The first-order valence-corrected chi connectivity index (χ1v) is 9.66. The van der Waals surface area contributed by atoms with Crippen molar-refractivity contribution in [3.63, 3.8) is 0 Å². The van der Waals surface area contributed by atoms with Crippen LogP contribution in [-0.2, 0) is 11.7 Å². The van der Waals surface area contributed by atoms with Crippen LogP contribution in [0.2, 0.25) is 0 Å². The van der Waals surface area contributed by atoms with Gasteiger partial charge in [0.1, 0.15) is 0 Å². The topological polar surface area (TPSA) is 44.9 Å². The molecule has 154 valence electrons. The number of benzene rings is 1. The minimum atomic E-state index is -4.56. The van der Waals surface area contributed by atoms with Crippen molar-refractivity contribution in [3.05, 3.63) is 53.6 Å². The fourth-order valence-corrected chi connectivity index (χ4v) is 3.91. The Bertz CT molecular complexity index is 958. The number of hydrogen-bond donors (Lipinski definition) is 0. The number of rotatable bonds is 4. The molecule has 29 heavy (non-hydrogen) atoms. The van der Waals surface area contributed by atoms with Gasteiger partial charge in [0.2, 0.25) is 0 Å². The monoisotopic (exact) mass is 402 g/mol. The maximum atomic E-state index is 13.4. The van der Waals surface area contributed by atoms with Gasteiger partial charge in [0.15, 0.2) is 0 Å². The van der Waals surface area contributed by atoms with Crippen molar-refractivity contribution in [2.24, 2.45) is 0 Å². The Balaban J connectivity index is 1.87. The van der Waals surface area contributed by atoms with Gasteiger partial charge in [-0.1, -0.05) is 6.08 Å². The molecule has 0 N–H and O–H groups in total. The lowest BCUT2D eigenvalue weighted by Gasteiger charge is -2.31. The van der Waals surface area contributed by atoms with Gasteiger partial charge >= 0.3 is 6.18 Å². The molecule has 3 rings (SSSR count). The smallest absolute Gasteiger partial charge is 0.368 e. The molecule has 1 atom stereocenters. The van der Waals surface area contributed by atoms with Crippen molar-refractivity contribution in [2.75, 3.05) is 11.4 Å². The lowest BCUT2D eigenvalue weighted by atomic mass is 10.0. The van der Waals surface area contributed by atoms with Crippen molar-refractivity contribution in [3.8, 4) is 6.07 Å². The van der Waals surface area contributed by atoms with Gasteiger partial charge in [-0.3, -0.25) is 0 Å². The van der Waals surface area contributed by atoms with Crippen LogP contribution >= 0.6 is 0 Å². The lowest BCUT2D eigenvalue weighted by Crippen LogP contribution is -2.34. The second-order valence-corrected chi connectivity index (χ2v) is 8.27. The fourth-order valence-electron chi connectivity index (χ4n) is 3.91. The maximum Gasteiger partial charge on any atom is 0.417 e. The predicted octanol–water partition coefficient (Wildman–Crippen LogP) is 5.60. The van der Waals surface area contributed by atoms with Gasteiger partial charge in [0.25, 0.3) is 0 Å². The summed E-state index contributed by atoms with van der Waals surface area (Å²) in [5, 5.41) is 9.03. The van der Waals surface area contributed by atoms with Gasteiger partial charge in [-0.2, -0.15) is 18.4 Å². The van der Waals surface area contributed by atoms with E-state index in [1.807, 2.05) is 24.3 Å². The first kappa shape index (κ1) is 21.0. The maximum absolute atomic E-state index is 13.4. The van der Waals surface area contributed by atoms with Gasteiger partial charge in [0, 0.05) is 23.8 Å². The summed E-state index contributed by atoms with van der Waals surface area (Å²) in [5.41, 5.74) is 1.36. The van der Waals surface area contributed by atoms with E-state index in [0.29, 0.717) is 12.2 Å². The van der Waals surface area contributed by atoms with Crippen LogP contribution < -0.4 is 4.90 Å². The Morgan fingerprint density at radius 1 is 1.28 bits per heavy atom. The summed E-state index contributed by atoms with van der Waals surface area (Å²) in [6, 6.07) is 5.67. The normalized spacial score (nSPS) is 17.2. The van der Waals surface area contributed by atoms with E-state index in [1.165, 1.54) is 6.07 Å². The van der Waals surface area contributed by atoms with Gasteiger partial charge in [-0.15, -0.1) is 0 Å². The Morgan fingerprint density at radius 3 is 2.59 bits per heavy atom. The van der Waals surface area contributed by atoms with Crippen LogP contribution in [0.1, 0.15) is 57.4 Å². The lowest BCUT2D eigenvalue weighted by molar-refractivity contribution is -0.137. The molecule has 4 nitrogen and oxygen atoms in total. The van der Waals surface area contributed by atoms with Crippen molar-refractivity contribution >= 4 is 11.3 Å². The molecule has 0 bridgehead atoms. The van der Waals surface area contributed by atoms with E-state index in [9.17, 15) is 13.2 Å². The zero-order valence-corrected chi connectivity index (χ0v) is 17.1. The SMILES string of the molecule is CCN(c1ccc(C#N)c(C(F)(F)F)c1)C1CC=C(c2cncn2C(C)(C)C)C1. The summed E-state index contributed by atoms with van der Waals surface area (Å²) in [6.45, 7) is 8.84. The Kier molecular flexibility index (Phi) is 5.48. The van der Waals surface area contributed by atoms with Crippen LogP contribution in [0.5, 0.6) is 0 Å². The van der Waals surface area contributed by atoms with Crippen LogP contribution in [0.25, 0.3) is 5.57 Å². The quantitative estimate of drug-likeness (QED) is 0.669. The van der Waals surface area contributed by atoms with Crippen LogP contribution in [0.15, 0.2) is 36.8 Å². The highest BCUT2D eigenvalue weighted by atomic mass is 19.4. The van der Waals surface area contributed by atoms with E-state index < -0.39 is 11.7 Å². The van der Waals surface area contributed by atoms with E-state index in [1.54, 1.807) is 12.1 Å². The molecule has 1 aromatic carbocycles. The number of hydrogen-bond acceptors (Lipinski definition) is 3. The molecule has 1 aliphatic rings. The summed E-state index contributed by atoms with van der Waals surface area (Å²) in [7, 11) is 0. The molecule has 1 aromatic heterocycles. The number of anilines is 1. The van der Waals surface area contributed by atoms with E-state index in [4.69, 9.17) is 5.26 Å². The minimum Gasteiger partial charge on any atom is -0.368 e. The van der Waals surface area contributed by atoms with Gasteiger partial charge in [-0.05, 0) is 64.3 Å². The van der Waals surface area contributed by atoms with E-state index >= 15 is 0 Å².